The monoisotopic (exact) mass is 295 g/mol. The van der Waals surface area contributed by atoms with Gasteiger partial charge in [0, 0.05) is 9.35 Å². The summed E-state index contributed by atoms with van der Waals surface area (Å²) in [5.74, 6) is 0. The molecule has 1 nitrogen and oxygen atoms in total. The molecular weight excluding hydrogens is 290 g/mol. The summed E-state index contributed by atoms with van der Waals surface area (Å²) in [6.07, 6.45) is -4.37. The van der Waals surface area contributed by atoms with E-state index in [4.69, 9.17) is 5.73 Å². The normalized spacial score (nSPS) is 13.6. The molecule has 0 saturated carbocycles. The predicted octanol–water partition coefficient (Wildman–Crippen LogP) is 3.49. The molecule has 1 rings (SSSR count). The van der Waals surface area contributed by atoms with E-state index in [1.165, 1.54) is 0 Å². The second-order valence-corrected chi connectivity index (χ2v) is 3.95. The van der Waals surface area contributed by atoms with Gasteiger partial charge in [0.25, 0.3) is 0 Å². The van der Waals surface area contributed by atoms with Crippen molar-refractivity contribution in [2.75, 3.05) is 0 Å². The highest BCUT2D eigenvalue weighted by atomic mass is 79.9. The number of hydrogen-bond donors (Lipinski definition) is 1. The Labute approximate surface area is 91.7 Å². The first-order chi connectivity index (χ1) is 5.43. The van der Waals surface area contributed by atoms with Gasteiger partial charge in [0.2, 0.25) is 0 Å². The van der Waals surface area contributed by atoms with Crippen molar-refractivity contribution in [3.63, 3.8) is 0 Å². The average molecular weight is 297 g/mol. The highest BCUT2D eigenvalue weighted by Crippen LogP contribution is 2.37. The molecule has 1 aromatic heterocycles. The molecule has 1 aromatic rings. The van der Waals surface area contributed by atoms with E-state index in [1.807, 2.05) is 0 Å². The number of rotatable bonds is 1. The third-order valence-corrected chi connectivity index (χ3v) is 3.23. The number of alkyl halides is 3. The lowest BCUT2D eigenvalue weighted by Crippen LogP contribution is -2.27. The summed E-state index contributed by atoms with van der Waals surface area (Å²) in [6.45, 7) is 0. The van der Waals surface area contributed by atoms with Gasteiger partial charge in [0.05, 0.1) is 0 Å². The van der Waals surface area contributed by atoms with Crippen molar-refractivity contribution >= 4 is 39.7 Å². The Hall–Kier alpha value is 0.220. The average Bonchev–Trinajstić information content (AvgIpc) is 2.31. The molecule has 1 atom stereocenters. The van der Waals surface area contributed by atoms with Crippen LogP contribution >= 0.6 is 39.7 Å². The molecule has 76 valence electrons. The summed E-state index contributed by atoms with van der Waals surface area (Å²) in [6, 6.07) is -0.335. The molecule has 0 aliphatic heterocycles. The van der Waals surface area contributed by atoms with Gasteiger partial charge in [-0.05, 0) is 27.4 Å². The van der Waals surface area contributed by atoms with Crippen LogP contribution in [-0.4, -0.2) is 6.18 Å². The Morgan fingerprint density at radius 2 is 2.00 bits per heavy atom. The zero-order valence-electron chi connectivity index (χ0n) is 6.14. The number of halogens is 5. The first-order valence-electron chi connectivity index (χ1n) is 2.98. The number of nitrogens with two attached hydrogens (primary N) is 1. The van der Waals surface area contributed by atoms with Gasteiger partial charge in [0.15, 0.2) is 0 Å². The maximum atomic E-state index is 12.1. The maximum absolute atomic E-state index is 12.1. The van der Waals surface area contributed by atoms with Gasteiger partial charge >= 0.3 is 6.18 Å². The van der Waals surface area contributed by atoms with Crippen molar-refractivity contribution in [1.82, 2.24) is 0 Å². The maximum Gasteiger partial charge on any atom is 0.408 e. The molecule has 0 unspecified atom stereocenters. The highest BCUT2D eigenvalue weighted by molar-refractivity contribution is 9.10. The van der Waals surface area contributed by atoms with Crippen molar-refractivity contribution in [3.05, 3.63) is 20.8 Å². The SMILES string of the molecule is Cl.N[C@H](c1sccc1Br)C(F)(F)F. The smallest absolute Gasteiger partial charge is 0.316 e. The van der Waals surface area contributed by atoms with Crippen molar-refractivity contribution in [2.24, 2.45) is 5.73 Å². The lowest BCUT2D eigenvalue weighted by Gasteiger charge is -2.13. The van der Waals surface area contributed by atoms with Crippen molar-refractivity contribution < 1.29 is 13.2 Å². The first kappa shape index (κ1) is 13.2. The van der Waals surface area contributed by atoms with Gasteiger partial charge in [-0.2, -0.15) is 13.2 Å². The second-order valence-electron chi connectivity index (χ2n) is 2.15. The van der Waals surface area contributed by atoms with Crippen LogP contribution in [0.1, 0.15) is 10.9 Å². The molecule has 0 spiro atoms. The summed E-state index contributed by atoms with van der Waals surface area (Å²) in [4.78, 5) is 0.113. The topological polar surface area (TPSA) is 26.0 Å². The number of thiophene rings is 1. The molecule has 0 amide bonds. The van der Waals surface area contributed by atoms with Gasteiger partial charge in [-0.1, -0.05) is 0 Å². The third-order valence-electron chi connectivity index (χ3n) is 1.28. The minimum atomic E-state index is -4.37. The fourth-order valence-electron chi connectivity index (χ4n) is 0.676. The van der Waals surface area contributed by atoms with E-state index < -0.39 is 12.2 Å². The Balaban J connectivity index is 0.00000144. The predicted molar refractivity (Wildman–Crippen MR) is 52.3 cm³/mol. The van der Waals surface area contributed by atoms with Crippen LogP contribution in [0.25, 0.3) is 0 Å². The highest BCUT2D eigenvalue weighted by Gasteiger charge is 2.39. The molecule has 0 saturated heterocycles. The van der Waals surface area contributed by atoms with E-state index in [9.17, 15) is 13.2 Å². The molecular formula is C6H6BrClF3NS. The molecule has 0 aromatic carbocycles. The quantitative estimate of drug-likeness (QED) is 0.843. The molecule has 0 fully saturated rings. The lowest BCUT2D eigenvalue weighted by atomic mass is 10.2. The molecule has 13 heavy (non-hydrogen) atoms. The van der Waals surface area contributed by atoms with Gasteiger partial charge in [-0.3, -0.25) is 0 Å². The zero-order valence-corrected chi connectivity index (χ0v) is 9.36. The van der Waals surface area contributed by atoms with Crippen LogP contribution in [0.4, 0.5) is 13.2 Å². The van der Waals surface area contributed by atoms with E-state index in [1.54, 1.807) is 11.4 Å². The standard InChI is InChI=1S/C6H5BrF3NS.ClH/c7-3-1-2-12-4(3)5(11)6(8,9)10;/h1-2,5H,11H2;1H/t5-;/m1./s1. The van der Waals surface area contributed by atoms with Crippen LogP contribution < -0.4 is 5.73 Å². The van der Waals surface area contributed by atoms with E-state index in [2.05, 4.69) is 15.9 Å². The van der Waals surface area contributed by atoms with Crippen molar-refractivity contribution in [2.45, 2.75) is 12.2 Å². The molecule has 0 aliphatic rings. The molecule has 2 N–H and O–H groups in total. The Bertz CT molecular complexity index is 275. The van der Waals surface area contributed by atoms with Gasteiger partial charge in [-0.15, -0.1) is 23.7 Å². The number of hydrogen-bond acceptors (Lipinski definition) is 2. The summed E-state index contributed by atoms with van der Waals surface area (Å²) in [5.41, 5.74) is 4.97. The molecule has 1 heterocycles. The van der Waals surface area contributed by atoms with Crippen LogP contribution in [0.3, 0.4) is 0 Å². The lowest BCUT2D eigenvalue weighted by molar-refractivity contribution is -0.148. The van der Waals surface area contributed by atoms with E-state index in [0.29, 0.717) is 4.47 Å². The van der Waals surface area contributed by atoms with Crippen LogP contribution in [0.15, 0.2) is 15.9 Å². The zero-order chi connectivity index (χ0) is 9.35. The molecule has 0 aliphatic carbocycles. The summed E-state index contributed by atoms with van der Waals surface area (Å²) in [7, 11) is 0. The van der Waals surface area contributed by atoms with E-state index >= 15 is 0 Å². The minimum absolute atomic E-state index is 0. The van der Waals surface area contributed by atoms with Crippen LogP contribution in [0, 0.1) is 0 Å². The minimum Gasteiger partial charge on any atom is -0.316 e. The van der Waals surface area contributed by atoms with Gasteiger partial charge in [0.1, 0.15) is 6.04 Å². The second kappa shape index (κ2) is 4.63. The molecule has 7 heteroatoms. The Kier molecular flexibility index (Phi) is 4.71. The van der Waals surface area contributed by atoms with Gasteiger partial charge in [-0.25, -0.2) is 0 Å². The van der Waals surface area contributed by atoms with Crippen LogP contribution in [0.2, 0.25) is 0 Å². The Morgan fingerprint density at radius 1 is 1.46 bits per heavy atom. The summed E-state index contributed by atoms with van der Waals surface area (Å²) in [5, 5.41) is 1.56. The summed E-state index contributed by atoms with van der Waals surface area (Å²) >= 11 is 3.98. The van der Waals surface area contributed by atoms with Crippen molar-refractivity contribution in [3.8, 4) is 0 Å². The fourth-order valence-corrected chi connectivity index (χ4v) is 2.32. The largest absolute Gasteiger partial charge is 0.408 e. The van der Waals surface area contributed by atoms with Gasteiger partial charge < -0.3 is 5.73 Å². The van der Waals surface area contributed by atoms with Crippen LogP contribution in [-0.2, 0) is 0 Å². The van der Waals surface area contributed by atoms with Crippen molar-refractivity contribution in [1.29, 1.82) is 0 Å². The third kappa shape index (κ3) is 3.12. The fraction of sp³-hybridized carbons (Fsp3) is 0.333. The molecule has 0 bridgehead atoms. The Morgan fingerprint density at radius 3 is 2.31 bits per heavy atom. The first-order valence-corrected chi connectivity index (χ1v) is 4.65. The van der Waals surface area contributed by atoms with Crippen LogP contribution in [0.5, 0.6) is 0 Å². The van der Waals surface area contributed by atoms with E-state index in [-0.39, 0.29) is 17.3 Å². The van der Waals surface area contributed by atoms with E-state index in [0.717, 1.165) is 11.3 Å². The summed E-state index contributed by atoms with van der Waals surface area (Å²) < 4.78 is 36.6. The molecule has 0 radical (unpaired) electrons.